The summed E-state index contributed by atoms with van der Waals surface area (Å²) in [6.45, 7) is 2.31. The molecule has 0 saturated heterocycles. The lowest BCUT2D eigenvalue weighted by atomic mass is 10.1. The fourth-order valence-electron chi connectivity index (χ4n) is 1.89. The summed E-state index contributed by atoms with van der Waals surface area (Å²) in [4.78, 5) is 23.2. The van der Waals surface area contributed by atoms with Crippen LogP contribution in [-0.2, 0) is 20.5 Å². The molecule has 0 aromatic heterocycles. The number of primary amides is 1. The smallest absolute Gasteiger partial charge is 0.369 e. The molecule has 3 N–H and O–H groups in total. The maximum absolute atomic E-state index is 12.4. The van der Waals surface area contributed by atoms with Crippen LogP contribution in [0.5, 0.6) is 0 Å². The predicted octanol–water partition coefficient (Wildman–Crippen LogP) is 1.34. The van der Waals surface area contributed by atoms with Crippen molar-refractivity contribution in [2.75, 3.05) is 13.2 Å². The number of nitrogens with zero attached hydrogens (tertiary/aromatic N) is 1. The Hall–Kier alpha value is -1.62. The fraction of sp³-hybridized carbons (Fsp3) is 0.667. The van der Waals surface area contributed by atoms with Crippen molar-refractivity contribution < 1.29 is 31.7 Å². The zero-order valence-corrected chi connectivity index (χ0v) is 13.4. The van der Waals surface area contributed by atoms with E-state index in [-0.39, 0.29) is 22.9 Å². The van der Waals surface area contributed by atoms with Gasteiger partial charge in [-0.15, -0.1) is 13.2 Å². The monoisotopic (exact) mass is 357 g/mol. The normalized spacial score (nSPS) is 19.3. The van der Waals surface area contributed by atoms with E-state index in [9.17, 15) is 27.0 Å². The second kappa shape index (κ2) is 7.77. The van der Waals surface area contributed by atoms with Gasteiger partial charge in [0.25, 0.3) is 0 Å². The van der Waals surface area contributed by atoms with E-state index in [0.29, 0.717) is 6.42 Å². The van der Waals surface area contributed by atoms with Crippen LogP contribution in [0.4, 0.5) is 18.0 Å². The van der Waals surface area contributed by atoms with Crippen LogP contribution in [0.3, 0.4) is 0 Å². The van der Waals surface area contributed by atoms with Crippen LogP contribution in [0.15, 0.2) is 10.6 Å². The third-order valence-corrected chi connectivity index (χ3v) is 4.32. The van der Waals surface area contributed by atoms with E-state index in [1.165, 1.54) is 0 Å². The first-order valence-corrected chi connectivity index (χ1v) is 7.83. The first kappa shape index (κ1) is 19.4. The number of ether oxygens (including phenoxy) is 1. The molecule has 1 rings (SSSR count). The summed E-state index contributed by atoms with van der Waals surface area (Å²) in [7, 11) is -2.00. The standard InChI is InChI=1S/C12H18F3N3O4S/c1-7(2)5-9-8(6-10(16)19)17-11(20)18(23(9)21)3-4-22-12(13,14)15/h7H,3-6H2,1-2H3,(H2,16,19)(H,17,20). The molecule has 11 heteroatoms. The van der Waals surface area contributed by atoms with Crippen molar-refractivity contribution in [2.24, 2.45) is 11.7 Å². The Morgan fingerprint density at radius 2 is 2.04 bits per heavy atom. The van der Waals surface area contributed by atoms with Gasteiger partial charge in [0.15, 0.2) is 11.0 Å². The third kappa shape index (κ3) is 6.18. The van der Waals surface area contributed by atoms with Crippen molar-refractivity contribution in [1.29, 1.82) is 0 Å². The third-order valence-electron chi connectivity index (χ3n) is 2.74. The van der Waals surface area contributed by atoms with Gasteiger partial charge in [-0.25, -0.2) is 13.3 Å². The van der Waals surface area contributed by atoms with Crippen LogP contribution in [0.1, 0.15) is 26.7 Å². The zero-order chi connectivity index (χ0) is 17.8. The molecule has 7 nitrogen and oxygen atoms in total. The van der Waals surface area contributed by atoms with Gasteiger partial charge in [-0.2, -0.15) is 0 Å². The Morgan fingerprint density at radius 1 is 1.43 bits per heavy atom. The maximum Gasteiger partial charge on any atom is 0.522 e. The molecule has 0 spiro atoms. The topological polar surface area (TPSA) is 102 Å². The van der Waals surface area contributed by atoms with E-state index < -0.39 is 42.4 Å². The Kier molecular flexibility index (Phi) is 6.57. The summed E-state index contributed by atoms with van der Waals surface area (Å²) >= 11 is 0. The largest absolute Gasteiger partial charge is 0.522 e. The number of carbonyl (C=O) groups excluding carboxylic acids is 2. The van der Waals surface area contributed by atoms with Gasteiger partial charge < -0.3 is 11.1 Å². The van der Waals surface area contributed by atoms with Gasteiger partial charge in [0, 0.05) is 5.70 Å². The highest BCUT2D eigenvalue weighted by atomic mass is 32.2. The molecule has 132 valence electrons. The van der Waals surface area contributed by atoms with Gasteiger partial charge in [0.1, 0.15) is 0 Å². The summed E-state index contributed by atoms with van der Waals surface area (Å²) < 4.78 is 52.7. The molecular formula is C12H18F3N3O4S. The second-order valence-electron chi connectivity index (χ2n) is 5.22. The molecular weight excluding hydrogens is 339 g/mol. The van der Waals surface area contributed by atoms with E-state index in [0.717, 1.165) is 4.31 Å². The molecule has 1 atom stereocenters. The van der Waals surface area contributed by atoms with Crippen LogP contribution in [-0.4, -0.2) is 40.0 Å². The molecule has 0 bridgehead atoms. The number of amides is 3. The summed E-state index contributed by atoms with van der Waals surface area (Å²) in [5, 5.41) is 2.37. The van der Waals surface area contributed by atoms with E-state index in [1.807, 2.05) is 13.8 Å². The Bertz CT molecular complexity index is 534. The molecule has 1 aliphatic heterocycles. The summed E-state index contributed by atoms with van der Waals surface area (Å²) in [6.07, 6.45) is -4.83. The Balaban J connectivity index is 2.93. The molecule has 23 heavy (non-hydrogen) atoms. The van der Waals surface area contributed by atoms with Crippen molar-refractivity contribution in [3.63, 3.8) is 0 Å². The minimum atomic E-state index is -4.83. The minimum absolute atomic E-state index is 0.0557. The maximum atomic E-state index is 12.4. The number of alkyl halides is 3. The number of nitrogens with two attached hydrogens (primary N) is 1. The summed E-state index contributed by atoms with van der Waals surface area (Å²) in [5.74, 6) is -0.660. The van der Waals surface area contributed by atoms with Gasteiger partial charge in [-0.3, -0.25) is 9.53 Å². The highest BCUT2D eigenvalue weighted by molar-refractivity contribution is 7.87. The van der Waals surface area contributed by atoms with Gasteiger partial charge in [-0.05, 0) is 12.3 Å². The summed E-state index contributed by atoms with van der Waals surface area (Å²) in [5.41, 5.74) is 5.23. The van der Waals surface area contributed by atoms with Crippen molar-refractivity contribution in [3.05, 3.63) is 10.6 Å². The number of urea groups is 1. The lowest BCUT2D eigenvalue weighted by Crippen LogP contribution is -2.48. The Labute approximate surface area is 133 Å². The van der Waals surface area contributed by atoms with Crippen molar-refractivity contribution in [3.8, 4) is 0 Å². The van der Waals surface area contributed by atoms with Crippen molar-refractivity contribution in [2.45, 2.75) is 33.1 Å². The van der Waals surface area contributed by atoms with Crippen LogP contribution in [0.25, 0.3) is 0 Å². The average Bonchev–Trinajstić information content (AvgIpc) is 2.36. The van der Waals surface area contributed by atoms with Gasteiger partial charge in [0.2, 0.25) is 5.91 Å². The number of hydrogen-bond acceptors (Lipinski definition) is 4. The molecule has 0 radical (unpaired) electrons. The number of halogens is 3. The molecule has 0 saturated carbocycles. The van der Waals surface area contributed by atoms with Crippen LogP contribution >= 0.6 is 0 Å². The van der Waals surface area contributed by atoms with Crippen LogP contribution in [0.2, 0.25) is 0 Å². The first-order chi connectivity index (χ1) is 10.5. The predicted molar refractivity (Wildman–Crippen MR) is 75.7 cm³/mol. The van der Waals surface area contributed by atoms with Crippen LogP contribution < -0.4 is 11.1 Å². The van der Waals surface area contributed by atoms with E-state index >= 15 is 0 Å². The first-order valence-electron chi connectivity index (χ1n) is 6.72. The number of rotatable bonds is 7. The molecule has 0 fully saturated rings. The van der Waals surface area contributed by atoms with Gasteiger partial charge in [0.05, 0.1) is 24.5 Å². The molecule has 1 heterocycles. The van der Waals surface area contributed by atoms with Crippen molar-refractivity contribution in [1.82, 2.24) is 9.62 Å². The lowest BCUT2D eigenvalue weighted by molar-refractivity contribution is -0.324. The molecule has 3 amide bonds. The molecule has 0 aromatic rings. The van der Waals surface area contributed by atoms with Gasteiger partial charge >= 0.3 is 12.4 Å². The quantitative estimate of drug-likeness (QED) is 0.718. The van der Waals surface area contributed by atoms with E-state index in [2.05, 4.69) is 10.1 Å². The molecule has 1 aliphatic rings. The lowest BCUT2D eigenvalue weighted by Gasteiger charge is -2.30. The highest BCUT2D eigenvalue weighted by Crippen LogP contribution is 2.26. The number of allylic oxidation sites excluding steroid dienone is 1. The molecule has 0 aliphatic carbocycles. The van der Waals surface area contributed by atoms with Crippen LogP contribution in [0, 0.1) is 5.92 Å². The Morgan fingerprint density at radius 3 is 2.52 bits per heavy atom. The number of hydrogen-bond donors (Lipinski definition) is 2. The minimum Gasteiger partial charge on any atom is -0.369 e. The molecule has 1 unspecified atom stereocenters. The van der Waals surface area contributed by atoms with E-state index in [1.54, 1.807) is 0 Å². The second-order valence-corrected chi connectivity index (χ2v) is 6.65. The zero-order valence-electron chi connectivity index (χ0n) is 12.6. The summed E-state index contributed by atoms with van der Waals surface area (Å²) in [6, 6.07) is -0.863. The average molecular weight is 357 g/mol. The fourth-order valence-corrected chi connectivity index (χ4v) is 3.40. The highest BCUT2D eigenvalue weighted by Gasteiger charge is 2.34. The van der Waals surface area contributed by atoms with E-state index in [4.69, 9.17) is 5.73 Å². The molecule has 0 aromatic carbocycles. The van der Waals surface area contributed by atoms with Crippen molar-refractivity contribution >= 4 is 22.9 Å². The SMILES string of the molecule is CC(C)CC1=C(CC(N)=O)NC(=O)N(CCOC(F)(F)F)S1=O. The number of nitrogens with one attached hydrogen (secondary N) is 1. The van der Waals surface area contributed by atoms with Gasteiger partial charge in [-0.1, -0.05) is 13.8 Å². The number of carbonyl (C=O) groups is 2.